The van der Waals surface area contributed by atoms with Crippen LogP contribution in [-0.2, 0) is 0 Å². The standard InChI is InChI=1S/C9H13F3N4/c1-6(14)2-3-16-7(5-13)4-8(15)9(10,11)12/h2-5,14,16H,13,15H2,1H3/b3-2-,7-5+,8-4-,14-6?. The van der Waals surface area contributed by atoms with E-state index in [0.717, 1.165) is 6.20 Å². The summed E-state index contributed by atoms with van der Waals surface area (Å²) in [7, 11) is 0. The smallest absolute Gasteiger partial charge is 0.403 e. The second kappa shape index (κ2) is 5.84. The monoisotopic (exact) mass is 234 g/mol. The van der Waals surface area contributed by atoms with Gasteiger partial charge in [0, 0.05) is 18.1 Å². The molecule has 0 heterocycles. The van der Waals surface area contributed by atoms with Gasteiger partial charge in [-0.15, -0.1) is 0 Å². The summed E-state index contributed by atoms with van der Waals surface area (Å²) in [5, 5.41) is 9.50. The third-order valence-corrected chi connectivity index (χ3v) is 1.40. The molecule has 0 aromatic heterocycles. The Kier molecular flexibility index (Phi) is 5.14. The van der Waals surface area contributed by atoms with Gasteiger partial charge in [-0.05, 0) is 19.1 Å². The maximum absolute atomic E-state index is 12.1. The molecule has 0 aromatic rings. The summed E-state index contributed by atoms with van der Waals surface area (Å²) in [5.41, 5.74) is 8.88. The number of hydrogen-bond acceptors (Lipinski definition) is 4. The van der Waals surface area contributed by atoms with E-state index in [4.69, 9.17) is 16.9 Å². The molecule has 6 N–H and O–H groups in total. The quantitative estimate of drug-likeness (QED) is 0.437. The Morgan fingerprint density at radius 1 is 1.38 bits per heavy atom. The SMILES string of the molecule is CC(=N)/C=C\NC(/C=C(\N)C(F)(F)F)=C/N. The van der Waals surface area contributed by atoms with E-state index in [1.807, 2.05) is 0 Å². The van der Waals surface area contributed by atoms with Crippen LogP contribution in [0.15, 0.2) is 35.9 Å². The zero-order chi connectivity index (χ0) is 12.8. The second-order valence-electron chi connectivity index (χ2n) is 2.88. The summed E-state index contributed by atoms with van der Waals surface area (Å²) in [5.74, 6) is 0. The molecule has 0 unspecified atom stereocenters. The Balaban J connectivity index is 4.62. The van der Waals surface area contributed by atoms with E-state index in [9.17, 15) is 13.2 Å². The van der Waals surface area contributed by atoms with E-state index >= 15 is 0 Å². The highest BCUT2D eigenvalue weighted by Crippen LogP contribution is 2.21. The molecule has 0 aliphatic rings. The molecule has 0 aliphatic heterocycles. The van der Waals surface area contributed by atoms with Crippen LogP contribution >= 0.6 is 0 Å². The van der Waals surface area contributed by atoms with Gasteiger partial charge in [0.25, 0.3) is 0 Å². The zero-order valence-corrected chi connectivity index (χ0v) is 8.60. The van der Waals surface area contributed by atoms with Gasteiger partial charge in [-0.25, -0.2) is 0 Å². The summed E-state index contributed by atoms with van der Waals surface area (Å²) in [6.45, 7) is 1.52. The van der Waals surface area contributed by atoms with Crippen LogP contribution in [0.25, 0.3) is 0 Å². The fourth-order valence-electron chi connectivity index (χ4n) is 0.650. The van der Waals surface area contributed by atoms with Crippen molar-refractivity contribution in [3.8, 4) is 0 Å². The topological polar surface area (TPSA) is 87.9 Å². The molecule has 0 saturated heterocycles. The molecular formula is C9H13F3N4. The molecule has 16 heavy (non-hydrogen) atoms. The molecule has 0 aromatic carbocycles. The lowest BCUT2D eigenvalue weighted by Gasteiger charge is -2.07. The maximum Gasteiger partial charge on any atom is 0.430 e. The van der Waals surface area contributed by atoms with Crippen molar-refractivity contribution >= 4 is 5.71 Å². The highest BCUT2D eigenvalue weighted by Gasteiger charge is 2.31. The predicted molar refractivity (Wildman–Crippen MR) is 56.3 cm³/mol. The average Bonchev–Trinajstić information content (AvgIpc) is 2.13. The van der Waals surface area contributed by atoms with Crippen molar-refractivity contribution in [3.05, 3.63) is 35.9 Å². The molecule has 0 aliphatic carbocycles. The fourth-order valence-corrected chi connectivity index (χ4v) is 0.650. The largest absolute Gasteiger partial charge is 0.430 e. The van der Waals surface area contributed by atoms with E-state index < -0.39 is 11.9 Å². The normalized spacial score (nSPS) is 14.2. The van der Waals surface area contributed by atoms with Crippen LogP contribution in [-0.4, -0.2) is 11.9 Å². The van der Waals surface area contributed by atoms with Gasteiger partial charge in [-0.1, -0.05) is 0 Å². The van der Waals surface area contributed by atoms with Crippen molar-refractivity contribution in [2.75, 3.05) is 0 Å². The van der Waals surface area contributed by atoms with Gasteiger partial charge in [0.05, 0.1) is 5.70 Å². The number of nitrogens with two attached hydrogens (primary N) is 2. The van der Waals surface area contributed by atoms with E-state index in [1.165, 1.54) is 19.2 Å². The van der Waals surface area contributed by atoms with Gasteiger partial charge >= 0.3 is 6.18 Å². The van der Waals surface area contributed by atoms with Crippen molar-refractivity contribution < 1.29 is 13.2 Å². The van der Waals surface area contributed by atoms with Gasteiger partial charge < -0.3 is 22.2 Å². The molecule has 0 fully saturated rings. The molecule has 0 amide bonds. The molecule has 0 atom stereocenters. The lowest BCUT2D eigenvalue weighted by molar-refractivity contribution is -0.0927. The van der Waals surface area contributed by atoms with Crippen molar-refractivity contribution in [3.63, 3.8) is 0 Å². The lowest BCUT2D eigenvalue weighted by atomic mass is 10.3. The number of hydrogen-bond donors (Lipinski definition) is 4. The summed E-state index contributed by atoms with van der Waals surface area (Å²) in [6.07, 6.45) is -0.314. The summed E-state index contributed by atoms with van der Waals surface area (Å²) in [4.78, 5) is 0. The average molecular weight is 234 g/mol. The third-order valence-electron chi connectivity index (χ3n) is 1.40. The van der Waals surface area contributed by atoms with E-state index in [0.29, 0.717) is 6.08 Å². The minimum absolute atomic E-state index is 0.00711. The van der Waals surface area contributed by atoms with Crippen LogP contribution in [0.3, 0.4) is 0 Å². The number of allylic oxidation sites excluding steroid dienone is 3. The molecular weight excluding hydrogens is 221 g/mol. The molecule has 0 saturated carbocycles. The third kappa shape index (κ3) is 5.74. The molecule has 90 valence electrons. The lowest BCUT2D eigenvalue weighted by Crippen LogP contribution is -2.21. The first kappa shape index (κ1) is 14.1. The molecule has 0 bridgehead atoms. The maximum atomic E-state index is 12.1. The minimum Gasteiger partial charge on any atom is -0.403 e. The first-order valence-corrected chi connectivity index (χ1v) is 4.22. The number of alkyl halides is 3. The second-order valence-corrected chi connectivity index (χ2v) is 2.88. The Hall–Kier alpha value is -1.92. The van der Waals surface area contributed by atoms with Crippen LogP contribution in [0, 0.1) is 5.41 Å². The van der Waals surface area contributed by atoms with Gasteiger partial charge in [-0.2, -0.15) is 13.2 Å². The highest BCUT2D eigenvalue weighted by molar-refractivity contribution is 5.89. The van der Waals surface area contributed by atoms with Crippen molar-refractivity contribution in [1.82, 2.24) is 5.32 Å². The van der Waals surface area contributed by atoms with Crippen molar-refractivity contribution in [2.45, 2.75) is 13.1 Å². The zero-order valence-electron chi connectivity index (χ0n) is 8.60. The Morgan fingerprint density at radius 3 is 2.31 bits per heavy atom. The van der Waals surface area contributed by atoms with Crippen molar-refractivity contribution in [1.29, 1.82) is 5.41 Å². The van der Waals surface area contributed by atoms with Gasteiger partial charge in [0.1, 0.15) is 5.70 Å². The van der Waals surface area contributed by atoms with Crippen molar-refractivity contribution in [2.24, 2.45) is 11.5 Å². The summed E-state index contributed by atoms with van der Waals surface area (Å²) >= 11 is 0. The van der Waals surface area contributed by atoms with Crippen LogP contribution in [0.1, 0.15) is 6.92 Å². The summed E-state index contributed by atoms with van der Waals surface area (Å²) in [6, 6.07) is 0. The molecule has 0 spiro atoms. The predicted octanol–water partition coefficient (Wildman–Crippen LogP) is 1.33. The molecule has 4 nitrogen and oxygen atoms in total. The van der Waals surface area contributed by atoms with Gasteiger partial charge in [0.15, 0.2) is 0 Å². The van der Waals surface area contributed by atoms with E-state index in [1.54, 1.807) is 0 Å². The number of halogens is 3. The number of rotatable bonds is 4. The highest BCUT2D eigenvalue weighted by atomic mass is 19.4. The van der Waals surface area contributed by atoms with E-state index in [-0.39, 0.29) is 11.4 Å². The Labute approximate surface area is 91.0 Å². The van der Waals surface area contributed by atoms with Gasteiger partial charge in [0.2, 0.25) is 0 Å². The molecule has 7 heteroatoms. The molecule has 0 rings (SSSR count). The van der Waals surface area contributed by atoms with Gasteiger partial charge in [-0.3, -0.25) is 0 Å². The Bertz CT molecular complexity index is 339. The first-order chi connectivity index (χ1) is 7.27. The van der Waals surface area contributed by atoms with E-state index in [2.05, 4.69) is 5.32 Å². The van der Waals surface area contributed by atoms with Crippen LogP contribution in [0.2, 0.25) is 0 Å². The van der Waals surface area contributed by atoms with Crippen LogP contribution < -0.4 is 16.8 Å². The fraction of sp³-hybridized carbons (Fsp3) is 0.222. The molecule has 0 radical (unpaired) electrons. The van der Waals surface area contributed by atoms with Crippen LogP contribution in [0.4, 0.5) is 13.2 Å². The minimum atomic E-state index is -4.59. The number of nitrogens with one attached hydrogen (secondary N) is 2. The Morgan fingerprint density at radius 2 is 1.94 bits per heavy atom. The van der Waals surface area contributed by atoms with Crippen LogP contribution in [0.5, 0.6) is 0 Å². The summed E-state index contributed by atoms with van der Waals surface area (Å²) < 4.78 is 36.2. The first-order valence-electron chi connectivity index (χ1n) is 4.22.